The second kappa shape index (κ2) is 5.40. The average Bonchev–Trinajstić information content (AvgIpc) is 2.44. The van der Waals surface area contributed by atoms with Crippen molar-refractivity contribution in [2.45, 2.75) is 6.18 Å². The zero-order valence-corrected chi connectivity index (χ0v) is 10.3. The van der Waals surface area contributed by atoms with E-state index in [9.17, 15) is 22.0 Å². The van der Waals surface area contributed by atoms with Gasteiger partial charge in [0.15, 0.2) is 11.6 Å². The molecule has 0 saturated heterocycles. The van der Waals surface area contributed by atoms with Crippen molar-refractivity contribution in [3.63, 3.8) is 0 Å². The van der Waals surface area contributed by atoms with Crippen LogP contribution in [0.25, 0.3) is 0 Å². The molecule has 0 aromatic heterocycles. The molecule has 0 heterocycles. The van der Waals surface area contributed by atoms with Gasteiger partial charge >= 0.3 is 6.18 Å². The van der Waals surface area contributed by atoms with Gasteiger partial charge in [-0.2, -0.15) is 18.4 Å². The van der Waals surface area contributed by atoms with E-state index in [2.05, 4.69) is 5.32 Å². The standard InChI is InChI=1S/C14H7F5N2/c15-12-8(7-20)5-6-11(13(12)16)21-10-4-2-1-3-9(10)14(17,18)19/h1-6,21H. The van der Waals surface area contributed by atoms with Gasteiger partial charge in [0.1, 0.15) is 6.07 Å². The fourth-order valence-corrected chi connectivity index (χ4v) is 1.72. The molecule has 2 aromatic rings. The predicted molar refractivity (Wildman–Crippen MR) is 65.8 cm³/mol. The molecule has 0 spiro atoms. The van der Waals surface area contributed by atoms with E-state index in [-0.39, 0.29) is 0 Å². The molecule has 0 aliphatic carbocycles. The molecule has 0 saturated carbocycles. The maximum absolute atomic E-state index is 13.7. The number of benzene rings is 2. The third-order valence-electron chi connectivity index (χ3n) is 2.70. The number of hydrogen-bond donors (Lipinski definition) is 1. The van der Waals surface area contributed by atoms with Crippen molar-refractivity contribution in [2.75, 3.05) is 5.32 Å². The Morgan fingerprint density at radius 3 is 2.19 bits per heavy atom. The lowest BCUT2D eigenvalue weighted by atomic mass is 10.1. The molecule has 21 heavy (non-hydrogen) atoms. The highest BCUT2D eigenvalue weighted by molar-refractivity contribution is 5.65. The third-order valence-corrected chi connectivity index (χ3v) is 2.70. The maximum atomic E-state index is 13.7. The van der Waals surface area contributed by atoms with E-state index < -0.39 is 40.3 Å². The zero-order chi connectivity index (χ0) is 15.6. The molecule has 0 aliphatic rings. The monoisotopic (exact) mass is 298 g/mol. The number of rotatable bonds is 2. The summed E-state index contributed by atoms with van der Waals surface area (Å²) in [6, 6.07) is 7.86. The Kier molecular flexibility index (Phi) is 3.80. The Balaban J connectivity index is 2.45. The summed E-state index contributed by atoms with van der Waals surface area (Å²) in [5.41, 5.74) is -2.42. The largest absolute Gasteiger partial charge is 0.418 e. The van der Waals surface area contributed by atoms with Crippen molar-refractivity contribution in [3.8, 4) is 6.07 Å². The molecule has 2 nitrogen and oxygen atoms in total. The molecule has 0 amide bonds. The van der Waals surface area contributed by atoms with Gasteiger partial charge in [-0.25, -0.2) is 8.78 Å². The number of nitriles is 1. The second-order valence-corrected chi connectivity index (χ2v) is 4.07. The lowest BCUT2D eigenvalue weighted by molar-refractivity contribution is -0.136. The number of hydrogen-bond acceptors (Lipinski definition) is 2. The van der Waals surface area contributed by atoms with Crippen LogP contribution in [0.1, 0.15) is 11.1 Å². The Labute approximate surface area is 116 Å². The first-order valence-corrected chi connectivity index (χ1v) is 5.66. The second-order valence-electron chi connectivity index (χ2n) is 4.07. The van der Waals surface area contributed by atoms with Crippen LogP contribution in [0.2, 0.25) is 0 Å². The van der Waals surface area contributed by atoms with Gasteiger partial charge in [-0.05, 0) is 24.3 Å². The Morgan fingerprint density at radius 1 is 0.905 bits per heavy atom. The summed E-state index contributed by atoms with van der Waals surface area (Å²) in [4.78, 5) is 0. The highest BCUT2D eigenvalue weighted by atomic mass is 19.4. The first-order chi connectivity index (χ1) is 9.84. The van der Waals surface area contributed by atoms with Crippen LogP contribution in [0.15, 0.2) is 36.4 Å². The summed E-state index contributed by atoms with van der Waals surface area (Å²) in [5, 5.41) is 10.7. The summed E-state index contributed by atoms with van der Waals surface area (Å²) in [5.74, 6) is -2.82. The molecule has 108 valence electrons. The van der Waals surface area contributed by atoms with Crippen LogP contribution in [0.3, 0.4) is 0 Å². The summed E-state index contributed by atoms with van der Waals surface area (Å²) in [7, 11) is 0. The Bertz CT molecular complexity index is 716. The molecular weight excluding hydrogens is 291 g/mol. The van der Waals surface area contributed by atoms with E-state index in [4.69, 9.17) is 5.26 Å². The van der Waals surface area contributed by atoms with Crippen LogP contribution in [0, 0.1) is 23.0 Å². The van der Waals surface area contributed by atoms with Gasteiger partial charge in [-0.3, -0.25) is 0 Å². The van der Waals surface area contributed by atoms with E-state index in [1.165, 1.54) is 18.2 Å². The van der Waals surface area contributed by atoms with Crippen LogP contribution in [0.5, 0.6) is 0 Å². The first-order valence-electron chi connectivity index (χ1n) is 5.66. The molecule has 0 unspecified atom stereocenters. The normalized spacial score (nSPS) is 11.0. The summed E-state index contributed by atoms with van der Waals surface area (Å²) < 4.78 is 65.5. The van der Waals surface area contributed by atoms with E-state index in [0.29, 0.717) is 0 Å². The lowest BCUT2D eigenvalue weighted by Gasteiger charge is -2.15. The van der Waals surface area contributed by atoms with Crippen molar-refractivity contribution in [3.05, 3.63) is 59.2 Å². The van der Waals surface area contributed by atoms with Gasteiger partial charge in [0.2, 0.25) is 0 Å². The number of nitrogens with one attached hydrogen (secondary N) is 1. The quantitative estimate of drug-likeness (QED) is 0.822. The van der Waals surface area contributed by atoms with E-state index in [1.54, 1.807) is 0 Å². The molecule has 0 atom stereocenters. The van der Waals surface area contributed by atoms with Gasteiger partial charge < -0.3 is 5.32 Å². The number of anilines is 2. The van der Waals surface area contributed by atoms with Crippen LogP contribution in [-0.4, -0.2) is 0 Å². The van der Waals surface area contributed by atoms with Crippen LogP contribution in [-0.2, 0) is 6.18 Å². The van der Waals surface area contributed by atoms with Gasteiger partial charge in [0, 0.05) is 0 Å². The Hall–Kier alpha value is -2.62. The summed E-state index contributed by atoms with van der Waals surface area (Å²) in [6.45, 7) is 0. The molecule has 7 heteroatoms. The van der Waals surface area contributed by atoms with Gasteiger partial charge in [0.05, 0.1) is 22.5 Å². The highest BCUT2D eigenvalue weighted by Crippen LogP contribution is 2.36. The zero-order valence-electron chi connectivity index (χ0n) is 10.3. The predicted octanol–water partition coefficient (Wildman–Crippen LogP) is 4.60. The van der Waals surface area contributed by atoms with Gasteiger partial charge in [-0.15, -0.1) is 0 Å². The van der Waals surface area contributed by atoms with Crippen molar-refractivity contribution in [2.24, 2.45) is 0 Å². The molecule has 2 aromatic carbocycles. The SMILES string of the molecule is N#Cc1ccc(Nc2ccccc2C(F)(F)F)c(F)c1F. The smallest absolute Gasteiger partial charge is 0.353 e. The third kappa shape index (κ3) is 2.94. The maximum Gasteiger partial charge on any atom is 0.418 e. The van der Waals surface area contributed by atoms with Crippen molar-refractivity contribution in [1.29, 1.82) is 5.26 Å². The van der Waals surface area contributed by atoms with E-state index in [0.717, 1.165) is 24.3 Å². The summed E-state index contributed by atoms with van der Waals surface area (Å²) in [6.07, 6.45) is -4.63. The van der Waals surface area contributed by atoms with Gasteiger partial charge in [0.25, 0.3) is 0 Å². The molecule has 0 radical (unpaired) electrons. The van der Waals surface area contributed by atoms with Crippen molar-refractivity contribution < 1.29 is 22.0 Å². The van der Waals surface area contributed by atoms with E-state index in [1.807, 2.05) is 0 Å². The van der Waals surface area contributed by atoms with Crippen molar-refractivity contribution >= 4 is 11.4 Å². The molecule has 0 fully saturated rings. The fraction of sp³-hybridized carbons (Fsp3) is 0.0714. The van der Waals surface area contributed by atoms with Crippen LogP contribution >= 0.6 is 0 Å². The van der Waals surface area contributed by atoms with Crippen molar-refractivity contribution in [1.82, 2.24) is 0 Å². The minimum absolute atomic E-state index is 0.409. The number of nitrogens with zero attached hydrogens (tertiary/aromatic N) is 1. The molecule has 0 aliphatic heterocycles. The molecule has 1 N–H and O–H groups in total. The Morgan fingerprint density at radius 2 is 1.57 bits per heavy atom. The van der Waals surface area contributed by atoms with Gasteiger partial charge in [-0.1, -0.05) is 12.1 Å². The van der Waals surface area contributed by atoms with Crippen LogP contribution in [0.4, 0.5) is 33.3 Å². The van der Waals surface area contributed by atoms with Crippen LogP contribution < -0.4 is 5.32 Å². The average molecular weight is 298 g/mol. The number of halogens is 5. The number of alkyl halides is 3. The lowest BCUT2D eigenvalue weighted by Crippen LogP contribution is -2.09. The molecule has 2 rings (SSSR count). The molecule has 0 bridgehead atoms. The number of para-hydroxylation sites is 1. The minimum Gasteiger partial charge on any atom is -0.353 e. The topological polar surface area (TPSA) is 35.8 Å². The fourth-order valence-electron chi connectivity index (χ4n) is 1.72. The minimum atomic E-state index is -4.63. The summed E-state index contributed by atoms with van der Waals surface area (Å²) >= 11 is 0. The van der Waals surface area contributed by atoms with E-state index >= 15 is 0 Å². The first kappa shape index (κ1) is 14.8. The molecular formula is C14H7F5N2. The highest BCUT2D eigenvalue weighted by Gasteiger charge is 2.33.